The van der Waals surface area contributed by atoms with Crippen LogP contribution >= 0.6 is 0 Å². The van der Waals surface area contributed by atoms with Gasteiger partial charge in [-0.2, -0.15) is 0 Å². The van der Waals surface area contributed by atoms with Gasteiger partial charge < -0.3 is 21.6 Å². The molecule has 0 N–H and O–H groups in total. The summed E-state index contributed by atoms with van der Waals surface area (Å²) in [5, 5.41) is 0. The lowest BCUT2D eigenvalue weighted by molar-refractivity contribution is -0.110. The Morgan fingerprint density at radius 2 is 1.20 bits per heavy atom. The quantitative estimate of drug-likeness (QED) is 0.470. The molecular formula is C11H30O5Si4. The molecule has 0 spiro atoms. The maximum Gasteiger partial charge on any atom is 0.478 e. The molecule has 9 heteroatoms. The number of carbonyl (C=O) groups is 1. The molecule has 5 nitrogen and oxygen atoms in total. The minimum absolute atomic E-state index is 0.00459. The Balaban J connectivity index is 5.00. The van der Waals surface area contributed by atoms with Crippen molar-refractivity contribution in [2.45, 2.75) is 58.9 Å². The van der Waals surface area contributed by atoms with Crippen LogP contribution in [0.25, 0.3) is 0 Å². The van der Waals surface area contributed by atoms with E-state index in [2.05, 4.69) is 39.3 Å². The van der Waals surface area contributed by atoms with E-state index in [1.165, 1.54) is 0 Å². The molecule has 0 bridgehead atoms. The fourth-order valence-electron chi connectivity index (χ4n) is 2.03. The average molecular weight is 355 g/mol. The van der Waals surface area contributed by atoms with Crippen LogP contribution in [0, 0.1) is 0 Å². The summed E-state index contributed by atoms with van der Waals surface area (Å²) in [6.07, 6.45) is 0.732. The van der Waals surface area contributed by atoms with E-state index in [0.717, 1.165) is 6.29 Å². The van der Waals surface area contributed by atoms with Gasteiger partial charge in [0, 0.05) is 6.55 Å². The summed E-state index contributed by atoms with van der Waals surface area (Å²) in [5.41, 5.74) is 0. The summed E-state index contributed by atoms with van der Waals surface area (Å²) >= 11 is 0. The van der Waals surface area contributed by atoms with Gasteiger partial charge in [0.05, 0.1) is 6.61 Å². The Bertz CT molecular complexity index is 324. The number of rotatable bonds is 9. The molecule has 0 aromatic heterocycles. The van der Waals surface area contributed by atoms with Crippen molar-refractivity contribution in [3.63, 3.8) is 0 Å². The molecule has 0 fully saturated rings. The Morgan fingerprint density at radius 3 is 1.55 bits per heavy atom. The third-order valence-electron chi connectivity index (χ3n) is 1.89. The van der Waals surface area contributed by atoms with E-state index in [1.807, 2.05) is 19.6 Å². The molecule has 1 unspecified atom stereocenters. The van der Waals surface area contributed by atoms with Gasteiger partial charge in [-0.3, -0.25) is 0 Å². The number of aldehydes is 1. The van der Waals surface area contributed by atoms with Crippen molar-refractivity contribution in [3.8, 4) is 0 Å². The molecule has 0 radical (unpaired) electrons. The lowest BCUT2D eigenvalue weighted by Crippen LogP contribution is -2.58. The van der Waals surface area contributed by atoms with Crippen LogP contribution in [-0.2, 0) is 21.6 Å². The van der Waals surface area contributed by atoms with E-state index < -0.39 is 34.0 Å². The highest BCUT2D eigenvalue weighted by Gasteiger charge is 2.46. The van der Waals surface area contributed by atoms with Crippen LogP contribution in [0.1, 0.15) is 0 Å². The molecule has 0 heterocycles. The van der Waals surface area contributed by atoms with Crippen LogP contribution in [0.4, 0.5) is 0 Å². The van der Waals surface area contributed by atoms with Gasteiger partial charge in [0.1, 0.15) is 6.29 Å². The van der Waals surface area contributed by atoms with E-state index in [9.17, 15) is 4.79 Å². The van der Waals surface area contributed by atoms with E-state index in [1.54, 1.807) is 0 Å². The third kappa shape index (κ3) is 10.2. The van der Waals surface area contributed by atoms with Crippen LogP contribution in [-0.4, -0.2) is 46.9 Å². The summed E-state index contributed by atoms with van der Waals surface area (Å²) in [7, 11) is -8.72. The molecule has 0 rings (SSSR count). The minimum Gasteiger partial charge on any atom is -0.437 e. The van der Waals surface area contributed by atoms with Crippen molar-refractivity contribution < 1.29 is 21.6 Å². The molecule has 0 aliphatic rings. The minimum atomic E-state index is -2.85. The first-order valence-corrected chi connectivity index (χ1v) is 18.7. The maximum absolute atomic E-state index is 10.6. The van der Waals surface area contributed by atoms with Crippen LogP contribution in [0.5, 0.6) is 0 Å². The molecular weight excluding hydrogens is 324 g/mol. The molecule has 0 saturated heterocycles. The monoisotopic (exact) mass is 354 g/mol. The summed E-state index contributed by atoms with van der Waals surface area (Å²) in [5.74, 6) is 0. The predicted octanol–water partition coefficient (Wildman–Crippen LogP) is 3.19. The average Bonchev–Trinajstić information content (AvgIpc) is 2.05. The second kappa shape index (κ2) is 7.09. The zero-order valence-corrected chi connectivity index (χ0v) is 18.3. The van der Waals surface area contributed by atoms with E-state index in [0.29, 0.717) is 0 Å². The van der Waals surface area contributed by atoms with Crippen LogP contribution in [0.15, 0.2) is 0 Å². The molecule has 120 valence electrons. The molecule has 0 aromatic carbocycles. The maximum atomic E-state index is 10.6. The first-order valence-electron chi connectivity index (χ1n) is 6.86. The van der Waals surface area contributed by atoms with Gasteiger partial charge >= 0.3 is 17.4 Å². The molecule has 0 saturated carbocycles. The highest BCUT2D eigenvalue weighted by Crippen LogP contribution is 2.24. The van der Waals surface area contributed by atoms with Crippen LogP contribution < -0.4 is 0 Å². The zero-order chi connectivity index (χ0) is 16.2. The Kier molecular flexibility index (Phi) is 7.23. The third-order valence-corrected chi connectivity index (χ3v) is 14.4. The van der Waals surface area contributed by atoms with Gasteiger partial charge in [-0.1, -0.05) is 0 Å². The van der Waals surface area contributed by atoms with Crippen molar-refractivity contribution in [1.29, 1.82) is 0 Å². The van der Waals surface area contributed by atoms with Crippen LogP contribution in [0.3, 0.4) is 0 Å². The summed E-state index contributed by atoms with van der Waals surface area (Å²) in [4.78, 5) is 10.6. The Labute approximate surface area is 127 Å². The predicted molar refractivity (Wildman–Crippen MR) is 91.1 cm³/mol. The van der Waals surface area contributed by atoms with Crippen molar-refractivity contribution in [3.05, 3.63) is 0 Å². The standard InChI is InChI=1S/C11H30O5Si4/c1-17(2,3)14-19(7,8)16-20(9,13-11-10-12)15-18(4,5)6/h10H,11H2,1-9H3. The zero-order valence-electron chi connectivity index (χ0n) is 14.3. The summed E-state index contributed by atoms with van der Waals surface area (Å²) < 4.78 is 24.1. The molecule has 1 atom stereocenters. The molecule has 0 aromatic rings. The van der Waals surface area contributed by atoms with Gasteiger partial charge in [0.25, 0.3) is 0 Å². The summed E-state index contributed by atoms with van der Waals surface area (Å²) in [6, 6.07) is 0. The van der Waals surface area contributed by atoms with Crippen molar-refractivity contribution in [2.75, 3.05) is 6.61 Å². The second-order valence-electron chi connectivity index (χ2n) is 7.27. The summed E-state index contributed by atoms with van der Waals surface area (Å²) in [6.45, 7) is 18.5. The molecule has 0 aliphatic heterocycles. The van der Waals surface area contributed by atoms with Gasteiger partial charge in [0.2, 0.25) is 0 Å². The Hall–Kier alpha value is 0.378. The lowest BCUT2D eigenvalue weighted by atomic mass is 10.9. The van der Waals surface area contributed by atoms with E-state index in [4.69, 9.17) is 16.8 Å². The van der Waals surface area contributed by atoms with E-state index in [-0.39, 0.29) is 6.61 Å². The fourth-order valence-corrected chi connectivity index (χ4v) is 17.9. The van der Waals surface area contributed by atoms with Gasteiger partial charge in [-0.15, -0.1) is 0 Å². The first-order chi connectivity index (χ1) is 8.68. The van der Waals surface area contributed by atoms with Crippen molar-refractivity contribution in [1.82, 2.24) is 0 Å². The van der Waals surface area contributed by atoms with Gasteiger partial charge in [-0.25, -0.2) is 0 Å². The normalized spacial score (nSPS) is 16.9. The highest BCUT2D eigenvalue weighted by atomic mass is 28.5. The lowest BCUT2D eigenvalue weighted by Gasteiger charge is -2.39. The smallest absolute Gasteiger partial charge is 0.437 e. The van der Waals surface area contributed by atoms with Gasteiger partial charge in [0.15, 0.2) is 16.6 Å². The molecule has 0 aliphatic carbocycles. The fraction of sp³-hybridized carbons (Fsp3) is 0.909. The van der Waals surface area contributed by atoms with E-state index >= 15 is 0 Å². The Morgan fingerprint density at radius 1 is 0.750 bits per heavy atom. The molecule has 20 heavy (non-hydrogen) atoms. The number of hydrogen-bond donors (Lipinski definition) is 0. The second-order valence-corrected chi connectivity index (χ2v) is 23.0. The largest absolute Gasteiger partial charge is 0.478 e. The highest BCUT2D eigenvalue weighted by molar-refractivity contribution is 6.87. The van der Waals surface area contributed by atoms with Gasteiger partial charge in [-0.05, 0) is 52.4 Å². The first kappa shape index (κ1) is 20.4. The molecule has 0 amide bonds. The SMILES string of the molecule is C[Si](C)(C)O[Si](C)(C)O[Si](C)(OCC=O)O[Si](C)(C)C. The van der Waals surface area contributed by atoms with Crippen molar-refractivity contribution in [2.24, 2.45) is 0 Å². The number of hydrogen-bond acceptors (Lipinski definition) is 5. The van der Waals surface area contributed by atoms with Crippen molar-refractivity contribution >= 4 is 40.3 Å². The van der Waals surface area contributed by atoms with Crippen LogP contribution in [0.2, 0.25) is 58.9 Å². The topological polar surface area (TPSA) is 54.0 Å². The number of carbonyl (C=O) groups excluding carboxylic acids is 1.